The Morgan fingerprint density at radius 2 is 1.00 bits per heavy atom. The van der Waals surface area contributed by atoms with Gasteiger partial charge in [-0.25, -0.2) is 4.79 Å². The van der Waals surface area contributed by atoms with E-state index in [2.05, 4.69) is 0 Å². The first-order valence-electron chi connectivity index (χ1n) is 10.2. The second-order valence-corrected chi connectivity index (χ2v) is 8.31. The molecule has 162 valence electrons. The Hall–Kier alpha value is -3.15. The average Bonchev–Trinajstić information content (AvgIpc) is 3.07. The molecule has 1 aromatic heterocycles. The maximum absolute atomic E-state index is 13.1. The van der Waals surface area contributed by atoms with E-state index in [0.29, 0.717) is 21.2 Å². The number of ketones is 2. The minimum atomic E-state index is -0.237. The van der Waals surface area contributed by atoms with Crippen LogP contribution in [0.15, 0.2) is 77.6 Å². The Bertz CT molecular complexity index is 1240. The monoisotopic (exact) mass is 466 g/mol. The van der Waals surface area contributed by atoms with Gasteiger partial charge in [0.25, 0.3) is 0 Å². The van der Waals surface area contributed by atoms with Crippen LogP contribution in [0.4, 0.5) is 0 Å². The Balaban J connectivity index is 1.54. The van der Waals surface area contributed by atoms with Gasteiger partial charge in [-0.2, -0.15) is 0 Å². The number of carbonyl (C=O) groups excluding carboxylic acids is 2. The van der Waals surface area contributed by atoms with Gasteiger partial charge in [0.05, 0.1) is 11.0 Å². The van der Waals surface area contributed by atoms with Gasteiger partial charge in [0.1, 0.15) is 0 Å². The molecular weight excluding hydrogens is 447 g/mol. The van der Waals surface area contributed by atoms with Crippen molar-refractivity contribution in [3.63, 3.8) is 0 Å². The van der Waals surface area contributed by atoms with Gasteiger partial charge in [0.2, 0.25) is 0 Å². The fourth-order valence-corrected chi connectivity index (χ4v) is 3.94. The molecule has 0 fully saturated rings. The lowest BCUT2D eigenvalue weighted by atomic mass is 10.1. The highest BCUT2D eigenvalue weighted by atomic mass is 35.5. The van der Waals surface area contributed by atoms with Crippen LogP contribution in [0.2, 0.25) is 10.0 Å². The topological polar surface area (TPSA) is 61.1 Å². The third-order valence-electron chi connectivity index (χ3n) is 5.38. The molecule has 0 bridgehead atoms. The number of hydrogen-bond donors (Lipinski definition) is 0. The maximum Gasteiger partial charge on any atom is 0.329 e. The number of aromatic nitrogens is 2. The molecule has 0 atom stereocenters. The molecule has 5 nitrogen and oxygen atoms in total. The quantitative estimate of drug-likeness (QED) is 0.315. The van der Waals surface area contributed by atoms with E-state index >= 15 is 0 Å². The first-order chi connectivity index (χ1) is 15.4. The van der Waals surface area contributed by atoms with Gasteiger partial charge < -0.3 is 0 Å². The van der Waals surface area contributed by atoms with E-state index < -0.39 is 0 Å². The number of aryl methyl sites for hydroxylation is 2. The molecule has 4 aromatic rings. The van der Waals surface area contributed by atoms with E-state index in [9.17, 15) is 14.4 Å². The van der Waals surface area contributed by atoms with Crippen LogP contribution >= 0.6 is 23.2 Å². The summed E-state index contributed by atoms with van der Waals surface area (Å²) < 4.78 is 3.19. The number of para-hydroxylation sites is 2. The minimum absolute atomic E-state index is 0.0664. The molecule has 0 saturated carbocycles. The van der Waals surface area contributed by atoms with Gasteiger partial charge in [0, 0.05) is 47.1 Å². The van der Waals surface area contributed by atoms with E-state index in [1.807, 2.05) is 24.3 Å². The average molecular weight is 467 g/mol. The largest absolute Gasteiger partial charge is 0.329 e. The molecule has 0 saturated heterocycles. The molecular formula is C25H20Cl2N2O3. The fourth-order valence-electron chi connectivity index (χ4n) is 3.69. The van der Waals surface area contributed by atoms with E-state index in [0.717, 1.165) is 11.0 Å². The highest BCUT2D eigenvalue weighted by molar-refractivity contribution is 6.31. The number of fused-ring (bicyclic) bond motifs is 1. The fraction of sp³-hybridized carbons (Fsp3) is 0.160. The molecule has 3 aromatic carbocycles. The molecule has 0 aliphatic rings. The van der Waals surface area contributed by atoms with Crippen LogP contribution < -0.4 is 5.69 Å². The summed E-state index contributed by atoms with van der Waals surface area (Å²) in [7, 11) is 0. The number of imidazole rings is 1. The van der Waals surface area contributed by atoms with E-state index in [1.165, 1.54) is 0 Å². The van der Waals surface area contributed by atoms with Crippen molar-refractivity contribution in [2.75, 3.05) is 0 Å². The lowest BCUT2D eigenvalue weighted by Crippen LogP contribution is -2.26. The Labute approximate surface area is 194 Å². The number of Topliss-reactive ketones (excluding diaryl/α,β-unsaturated/α-hetero) is 2. The number of halogens is 2. The third-order valence-corrected chi connectivity index (χ3v) is 5.89. The van der Waals surface area contributed by atoms with Crippen molar-refractivity contribution in [1.82, 2.24) is 9.13 Å². The molecule has 0 spiro atoms. The van der Waals surface area contributed by atoms with Gasteiger partial charge in [-0.05, 0) is 60.7 Å². The molecule has 0 unspecified atom stereocenters. The zero-order valence-electron chi connectivity index (χ0n) is 17.1. The van der Waals surface area contributed by atoms with Crippen LogP contribution in [0.25, 0.3) is 11.0 Å². The number of nitrogens with zero attached hydrogens (tertiary/aromatic N) is 2. The second-order valence-electron chi connectivity index (χ2n) is 7.43. The van der Waals surface area contributed by atoms with Crippen molar-refractivity contribution in [1.29, 1.82) is 0 Å². The van der Waals surface area contributed by atoms with Crippen LogP contribution in [0.5, 0.6) is 0 Å². The number of benzene rings is 3. The number of hydrogen-bond acceptors (Lipinski definition) is 3. The van der Waals surface area contributed by atoms with Gasteiger partial charge in [-0.15, -0.1) is 0 Å². The predicted octanol–water partition coefficient (Wildman–Crippen LogP) is 5.66. The summed E-state index contributed by atoms with van der Waals surface area (Å²) in [6.07, 6.45) is 0.360. The Kier molecular flexibility index (Phi) is 6.58. The van der Waals surface area contributed by atoms with Crippen LogP contribution in [0.1, 0.15) is 33.6 Å². The van der Waals surface area contributed by atoms with Crippen molar-refractivity contribution in [3.05, 3.63) is 104 Å². The molecule has 0 amide bonds. The zero-order chi connectivity index (χ0) is 22.7. The maximum atomic E-state index is 13.1. The van der Waals surface area contributed by atoms with E-state index in [1.54, 1.807) is 57.7 Å². The van der Waals surface area contributed by atoms with E-state index in [-0.39, 0.29) is 43.2 Å². The first-order valence-corrected chi connectivity index (χ1v) is 11.0. The van der Waals surface area contributed by atoms with Gasteiger partial charge in [-0.3, -0.25) is 18.7 Å². The predicted molar refractivity (Wildman–Crippen MR) is 127 cm³/mol. The first kappa shape index (κ1) is 22.1. The van der Waals surface area contributed by atoms with Gasteiger partial charge >= 0.3 is 5.69 Å². The molecule has 0 N–H and O–H groups in total. The third kappa shape index (κ3) is 4.69. The van der Waals surface area contributed by atoms with Crippen LogP contribution in [0, 0.1) is 0 Å². The van der Waals surface area contributed by atoms with Gasteiger partial charge in [0.15, 0.2) is 11.6 Å². The van der Waals surface area contributed by atoms with Gasteiger partial charge in [-0.1, -0.05) is 35.3 Å². The van der Waals surface area contributed by atoms with E-state index in [4.69, 9.17) is 23.2 Å². The van der Waals surface area contributed by atoms with Crippen LogP contribution in [-0.2, 0) is 13.1 Å². The second kappa shape index (κ2) is 9.55. The summed E-state index contributed by atoms with van der Waals surface area (Å²) in [5.74, 6) is -0.133. The van der Waals surface area contributed by atoms with Crippen molar-refractivity contribution < 1.29 is 9.59 Å². The molecule has 0 aliphatic carbocycles. The minimum Gasteiger partial charge on any atom is -0.294 e. The highest BCUT2D eigenvalue weighted by Gasteiger charge is 2.16. The van der Waals surface area contributed by atoms with Crippen LogP contribution in [-0.4, -0.2) is 20.7 Å². The lowest BCUT2D eigenvalue weighted by Gasteiger charge is -2.04. The van der Waals surface area contributed by atoms with Crippen molar-refractivity contribution in [3.8, 4) is 0 Å². The Morgan fingerprint density at radius 3 is 1.38 bits per heavy atom. The highest BCUT2D eigenvalue weighted by Crippen LogP contribution is 2.17. The normalized spacial score (nSPS) is 11.1. The summed E-state index contributed by atoms with van der Waals surface area (Å²) in [6, 6.07) is 20.8. The molecule has 1 heterocycles. The SMILES string of the molecule is O=C(CCn1c(=O)n(CCC(=O)c2ccc(Cl)cc2)c2ccccc21)c1ccc(Cl)cc1. The van der Waals surface area contributed by atoms with Crippen molar-refractivity contribution >= 4 is 45.8 Å². The number of rotatable bonds is 8. The molecule has 32 heavy (non-hydrogen) atoms. The summed E-state index contributed by atoms with van der Waals surface area (Å²) >= 11 is 11.8. The Morgan fingerprint density at radius 1 is 0.625 bits per heavy atom. The zero-order valence-corrected chi connectivity index (χ0v) is 18.6. The lowest BCUT2D eigenvalue weighted by molar-refractivity contribution is 0.0971. The molecule has 0 radical (unpaired) electrons. The smallest absolute Gasteiger partial charge is 0.294 e. The van der Waals surface area contributed by atoms with Crippen molar-refractivity contribution in [2.45, 2.75) is 25.9 Å². The summed E-state index contributed by atoms with van der Waals surface area (Å²) in [5.41, 5.74) is 2.35. The van der Waals surface area contributed by atoms with Crippen LogP contribution in [0.3, 0.4) is 0 Å². The van der Waals surface area contributed by atoms with Crippen molar-refractivity contribution in [2.24, 2.45) is 0 Å². The summed E-state index contributed by atoms with van der Waals surface area (Å²) in [5, 5.41) is 1.13. The molecule has 0 aliphatic heterocycles. The molecule has 4 rings (SSSR count). The standard InChI is InChI=1S/C25H20Cl2N2O3/c26-19-9-5-17(6-10-19)23(30)13-15-28-21-3-1-2-4-22(21)29(25(28)32)16-14-24(31)18-7-11-20(27)12-8-18/h1-12H,13-16H2. The summed E-state index contributed by atoms with van der Waals surface area (Å²) in [6.45, 7) is 0.498. The summed E-state index contributed by atoms with van der Waals surface area (Å²) in [4.78, 5) is 38.3. The molecule has 7 heteroatoms. The number of carbonyl (C=O) groups is 2.